The molecule has 0 radical (unpaired) electrons. The van der Waals surface area contributed by atoms with Crippen molar-refractivity contribution >= 4 is 12.0 Å². The van der Waals surface area contributed by atoms with E-state index in [0.29, 0.717) is 19.0 Å². The molecule has 2 aromatic rings. The molecule has 7 nitrogen and oxygen atoms in total. The number of nitrogens with one attached hydrogen (secondary N) is 2. The van der Waals surface area contributed by atoms with Crippen LogP contribution in [0.2, 0.25) is 0 Å². The predicted molar refractivity (Wildman–Crippen MR) is 70.5 cm³/mol. The first-order valence-corrected chi connectivity index (χ1v) is 6.31. The lowest BCUT2D eigenvalue weighted by atomic mass is 10.1. The molecule has 20 heavy (non-hydrogen) atoms. The Kier molecular flexibility index (Phi) is 3.24. The number of nitrogens with zero attached hydrogens (tertiary/aromatic N) is 2. The number of benzene rings is 1. The molecule has 0 unspecified atom stereocenters. The molecule has 3 rings (SSSR count). The van der Waals surface area contributed by atoms with Gasteiger partial charge in [-0.2, -0.15) is 4.98 Å². The highest BCUT2D eigenvalue weighted by Crippen LogP contribution is 2.29. The van der Waals surface area contributed by atoms with Gasteiger partial charge < -0.3 is 14.6 Å². The summed E-state index contributed by atoms with van der Waals surface area (Å²) in [6.07, 6.45) is 0.913. The fourth-order valence-electron chi connectivity index (χ4n) is 2.09. The highest BCUT2D eigenvalue weighted by Gasteiger charge is 2.16. The summed E-state index contributed by atoms with van der Waals surface area (Å²) < 4.78 is 10.4. The zero-order valence-corrected chi connectivity index (χ0v) is 11.0. The summed E-state index contributed by atoms with van der Waals surface area (Å²) in [5, 5.41) is 8.78. The van der Waals surface area contributed by atoms with Gasteiger partial charge in [0, 0.05) is 18.5 Å². The maximum absolute atomic E-state index is 11.7. The number of aromatic nitrogens is 2. The van der Waals surface area contributed by atoms with Gasteiger partial charge in [0.15, 0.2) is 5.82 Å². The Balaban J connectivity index is 1.60. The summed E-state index contributed by atoms with van der Waals surface area (Å²) in [5.41, 5.74) is 2.13. The summed E-state index contributed by atoms with van der Waals surface area (Å²) in [6.45, 7) is 2.75. The lowest BCUT2D eigenvalue weighted by molar-refractivity contribution is 0.250. The first-order valence-electron chi connectivity index (χ1n) is 6.31. The van der Waals surface area contributed by atoms with Gasteiger partial charge >= 0.3 is 12.0 Å². The van der Waals surface area contributed by atoms with E-state index in [2.05, 4.69) is 20.8 Å². The number of aryl methyl sites for hydroxylation is 1. The summed E-state index contributed by atoms with van der Waals surface area (Å²) in [6, 6.07) is 5.61. The van der Waals surface area contributed by atoms with Crippen molar-refractivity contribution in [2.24, 2.45) is 0 Å². The van der Waals surface area contributed by atoms with Crippen molar-refractivity contribution in [3.8, 4) is 5.75 Å². The largest absolute Gasteiger partial charge is 0.493 e. The van der Waals surface area contributed by atoms with Gasteiger partial charge in [-0.25, -0.2) is 4.79 Å². The van der Waals surface area contributed by atoms with Gasteiger partial charge in [-0.05, 0) is 12.5 Å². The number of anilines is 1. The number of amides is 2. The number of carbonyl (C=O) groups excluding carboxylic acids is 1. The van der Waals surface area contributed by atoms with Crippen molar-refractivity contribution in [1.29, 1.82) is 0 Å². The van der Waals surface area contributed by atoms with Crippen molar-refractivity contribution in [1.82, 2.24) is 15.5 Å². The maximum atomic E-state index is 11.7. The van der Waals surface area contributed by atoms with Crippen LogP contribution in [0.15, 0.2) is 22.7 Å². The molecule has 1 aromatic heterocycles. The van der Waals surface area contributed by atoms with Gasteiger partial charge in [0.1, 0.15) is 5.75 Å². The van der Waals surface area contributed by atoms with Gasteiger partial charge in [0.25, 0.3) is 0 Å². The van der Waals surface area contributed by atoms with E-state index in [0.717, 1.165) is 17.7 Å². The Bertz CT molecular complexity index is 638. The van der Waals surface area contributed by atoms with Gasteiger partial charge in [-0.1, -0.05) is 23.4 Å². The second-order valence-electron chi connectivity index (χ2n) is 4.46. The van der Waals surface area contributed by atoms with Crippen LogP contribution in [-0.4, -0.2) is 22.8 Å². The Labute approximate surface area is 115 Å². The molecule has 0 fully saturated rings. The van der Waals surface area contributed by atoms with Crippen LogP contribution in [0.1, 0.15) is 17.0 Å². The van der Waals surface area contributed by atoms with Gasteiger partial charge in [-0.15, -0.1) is 0 Å². The molecular formula is C13H14N4O3. The molecule has 0 saturated heterocycles. The number of fused-ring (bicyclic) bond motifs is 1. The second kappa shape index (κ2) is 5.20. The van der Waals surface area contributed by atoms with Gasteiger partial charge in [0.2, 0.25) is 0 Å². The van der Waals surface area contributed by atoms with Crippen LogP contribution in [0, 0.1) is 6.92 Å². The van der Waals surface area contributed by atoms with E-state index >= 15 is 0 Å². The van der Waals surface area contributed by atoms with E-state index in [4.69, 9.17) is 9.26 Å². The summed E-state index contributed by atoms with van der Waals surface area (Å²) >= 11 is 0. The molecule has 1 aliphatic heterocycles. The molecule has 0 bridgehead atoms. The monoisotopic (exact) mass is 274 g/mol. The second-order valence-corrected chi connectivity index (χ2v) is 4.46. The molecule has 2 heterocycles. The highest BCUT2D eigenvalue weighted by atomic mass is 16.5. The van der Waals surface area contributed by atoms with Gasteiger partial charge in [0.05, 0.1) is 6.61 Å². The zero-order chi connectivity index (χ0) is 13.9. The van der Waals surface area contributed by atoms with Crippen molar-refractivity contribution < 1.29 is 14.1 Å². The molecular weight excluding hydrogens is 260 g/mol. The molecule has 0 saturated carbocycles. The molecule has 0 spiro atoms. The maximum Gasteiger partial charge on any atom is 0.329 e. The fraction of sp³-hybridized carbons (Fsp3) is 0.308. The lowest BCUT2D eigenvalue weighted by Gasteiger charge is -2.09. The molecule has 0 atom stereocenters. The van der Waals surface area contributed by atoms with Crippen LogP contribution in [0.25, 0.3) is 0 Å². The minimum atomic E-state index is -0.399. The molecule has 0 aliphatic carbocycles. The SMILES string of the molecule is Cc1noc(NC(=O)NCc2cccc3c2OCC3)n1. The predicted octanol–water partition coefficient (Wildman–Crippen LogP) is 1.63. The van der Waals surface area contributed by atoms with Crippen LogP contribution < -0.4 is 15.4 Å². The van der Waals surface area contributed by atoms with E-state index in [1.807, 2.05) is 18.2 Å². The minimum absolute atomic E-state index is 0.0783. The number of carbonyl (C=O) groups is 1. The number of para-hydroxylation sites is 1. The molecule has 1 aliphatic rings. The first kappa shape index (κ1) is 12.5. The van der Waals surface area contributed by atoms with E-state index in [-0.39, 0.29) is 6.01 Å². The normalized spacial score (nSPS) is 12.7. The Morgan fingerprint density at radius 2 is 2.35 bits per heavy atom. The van der Waals surface area contributed by atoms with Crippen LogP contribution in [0.3, 0.4) is 0 Å². The quantitative estimate of drug-likeness (QED) is 0.888. The first-order chi connectivity index (χ1) is 9.72. The third-order valence-corrected chi connectivity index (χ3v) is 2.98. The van der Waals surface area contributed by atoms with Gasteiger partial charge in [-0.3, -0.25) is 5.32 Å². The highest BCUT2D eigenvalue weighted by molar-refractivity contribution is 5.86. The van der Waals surface area contributed by atoms with Crippen LogP contribution >= 0.6 is 0 Å². The standard InChI is InChI=1S/C13H14N4O3/c1-8-15-13(20-17-8)16-12(18)14-7-10-4-2-3-9-5-6-19-11(9)10/h2-4H,5-7H2,1H3,(H2,14,15,16,17,18). The van der Waals surface area contributed by atoms with Crippen molar-refractivity contribution in [2.45, 2.75) is 19.9 Å². The summed E-state index contributed by atoms with van der Waals surface area (Å²) in [5.74, 6) is 1.34. The Morgan fingerprint density at radius 1 is 1.45 bits per heavy atom. The topological polar surface area (TPSA) is 89.3 Å². The third kappa shape index (κ3) is 2.56. The lowest BCUT2D eigenvalue weighted by Crippen LogP contribution is -2.28. The van der Waals surface area contributed by atoms with E-state index in [1.54, 1.807) is 6.92 Å². The minimum Gasteiger partial charge on any atom is -0.493 e. The Hall–Kier alpha value is -2.57. The van der Waals surface area contributed by atoms with Crippen LogP contribution in [0.4, 0.5) is 10.8 Å². The van der Waals surface area contributed by atoms with Crippen molar-refractivity contribution in [2.75, 3.05) is 11.9 Å². The van der Waals surface area contributed by atoms with E-state index < -0.39 is 6.03 Å². The van der Waals surface area contributed by atoms with Crippen molar-refractivity contribution in [3.05, 3.63) is 35.2 Å². The molecule has 7 heteroatoms. The summed E-state index contributed by atoms with van der Waals surface area (Å²) in [4.78, 5) is 15.6. The summed E-state index contributed by atoms with van der Waals surface area (Å²) in [7, 11) is 0. The zero-order valence-electron chi connectivity index (χ0n) is 11.0. The van der Waals surface area contributed by atoms with E-state index in [9.17, 15) is 4.79 Å². The molecule has 1 aromatic carbocycles. The number of ether oxygens (including phenoxy) is 1. The molecule has 2 amide bonds. The number of urea groups is 1. The van der Waals surface area contributed by atoms with Crippen molar-refractivity contribution in [3.63, 3.8) is 0 Å². The number of hydrogen-bond acceptors (Lipinski definition) is 5. The smallest absolute Gasteiger partial charge is 0.329 e. The molecule has 2 N–H and O–H groups in total. The fourth-order valence-corrected chi connectivity index (χ4v) is 2.09. The average molecular weight is 274 g/mol. The van der Waals surface area contributed by atoms with Crippen LogP contribution in [-0.2, 0) is 13.0 Å². The van der Waals surface area contributed by atoms with E-state index in [1.165, 1.54) is 5.56 Å². The number of hydrogen-bond donors (Lipinski definition) is 2. The Morgan fingerprint density at radius 3 is 3.15 bits per heavy atom. The average Bonchev–Trinajstić information content (AvgIpc) is 3.05. The number of rotatable bonds is 3. The van der Waals surface area contributed by atoms with Crippen LogP contribution in [0.5, 0.6) is 5.75 Å². The molecule has 104 valence electrons. The third-order valence-electron chi connectivity index (χ3n) is 2.98.